The molecule has 1 atom stereocenters. The lowest BCUT2D eigenvalue weighted by Gasteiger charge is -2.25. The van der Waals surface area contributed by atoms with Crippen molar-refractivity contribution in [3.8, 4) is 0 Å². The van der Waals surface area contributed by atoms with Gasteiger partial charge in [-0.3, -0.25) is 9.59 Å². The first-order valence-electron chi connectivity index (χ1n) is 8.79. The first-order valence-corrected chi connectivity index (χ1v) is 8.79. The van der Waals surface area contributed by atoms with Gasteiger partial charge in [0.25, 0.3) is 0 Å². The molecule has 0 aliphatic heterocycles. The van der Waals surface area contributed by atoms with Crippen LogP contribution in [-0.4, -0.2) is 30.9 Å². The predicted octanol–water partition coefficient (Wildman–Crippen LogP) is 3.64. The molecule has 0 aliphatic rings. The number of ether oxygens (including phenoxy) is 2. The first-order chi connectivity index (χ1) is 12.5. The number of fused-ring (bicyclic) bond motifs is 1. The Balaban J connectivity index is 2.60. The number of rotatable bonds is 8. The van der Waals surface area contributed by atoms with E-state index in [-0.39, 0.29) is 25.4 Å². The fourth-order valence-electron chi connectivity index (χ4n) is 3.18. The molecular formula is C21H24O5. The molecule has 0 heterocycles. The van der Waals surface area contributed by atoms with E-state index < -0.39 is 23.8 Å². The third-order valence-electron chi connectivity index (χ3n) is 4.21. The lowest BCUT2D eigenvalue weighted by atomic mass is 9.80. The van der Waals surface area contributed by atoms with E-state index in [4.69, 9.17) is 9.47 Å². The molecule has 0 aliphatic carbocycles. The van der Waals surface area contributed by atoms with Gasteiger partial charge >= 0.3 is 11.9 Å². The van der Waals surface area contributed by atoms with E-state index in [2.05, 4.69) is 0 Å². The zero-order valence-electron chi connectivity index (χ0n) is 15.4. The van der Waals surface area contributed by atoms with Gasteiger partial charge in [-0.15, -0.1) is 0 Å². The van der Waals surface area contributed by atoms with Crippen LogP contribution in [0, 0.1) is 5.92 Å². The van der Waals surface area contributed by atoms with Crippen LogP contribution in [0.1, 0.15) is 38.7 Å². The molecule has 5 nitrogen and oxygen atoms in total. The van der Waals surface area contributed by atoms with Gasteiger partial charge in [0.15, 0.2) is 5.92 Å². The Labute approximate surface area is 153 Å². The van der Waals surface area contributed by atoms with Gasteiger partial charge in [-0.25, -0.2) is 0 Å². The van der Waals surface area contributed by atoms with E-state index >= 15 is 0 Å². The van der Waals surface area contributed by atoms with Crippen molar-refractivity contribution in [2.45, 2.75) is 33.1 Å². The average Bonchev–Trinajstić information content (AvgIpc) is 2.61. The van der Waals surface area contributed by atoms with Crippen molar-refractivity contribution in [1.29, 1.82) is 0 Å². The van der Waals surface area contributed by atoms with Crippen molar-refractivity contribution < 1.29 is 23.9 Å². The zero-order valence-corrected chi connectivity index (χ0v) is 15.4. The monoisotopic (exact) mass is 356 g/mol. The van der Waals surface area contributed by atoms with Crippen LogP contribution in [0.25, 0.3) is 10.8 Å². The highest BCUT2D eigenvalue weighted by molar-refractivity contribution is 5.98. The van der Waals surface area contributed by atoms with Crippen molar-refractivity contribution >= 4 is 28.5 Å². The van der Waals surface area contributed by atoms with Gasteiger partial charge in [0, 0.05) is 12.3 Å². The molecule has 0 radical (unpaired) electrons. The summed E-state index contributed by atoms with van der Waals surface area (Å²) in [5.41, 5.74) is 0.768. The summed E-state index contributed by atoms with van der Waals surface area (Å²) in [7, 11) is 0. The number of hydrogen-bond acceptors (Lipinski definition) is 5. The van der Waals surface area contributed by atoms with Gasteiger partial charge in [-0.1, -0.05) is 42.5 Å². The standard InChI is InChI=1S/C21H24O5/c1-4-25-20(23)19(21(24)26-5-2)18(13-14(3)22)17-12-8-10-15-9-6-7-11-16(15)17/h6-12,18-19H,4-5,13H2,1-3H3/t18-/m1/s1. The SMILES string of the molecule is CCOC(=O)C(C(=O)OCC)[C@H](CC(C)=O)c1cccc2ccccc12. The second-order valence-electron chi connectivity index (χ2n) is 6.06. The maximum Gasteiger partial charge on any atom is 0.320 e. The molecular weight excluding hydrogens is 332 g/mol. The number of benzene rings is 2. The molecule has 2 rings (SSSR count). The van der Waals surface area contributed by atoms with E-state index in [1.165, 1.54) is 6.92 Å². The van der Waals surface area contributed by atoms with Crippen LogP contribution in [0.2, 0.25) is 0 Å². The number of hydrogen-bond donors (Lipinski definition) is 0. The Morgan fingerprint density at radius 2 is 1.46 bits per heavy atom. The van der Waals surface area contributed by atoms with Crippen LogP contribution in [-0.2, 0) is 23.9 Å². The number of ketones is 1. The van der Waals surface area contributed by atoms with Crippen LogP contribution < -0.4 is 0 Å². The molecule has 0 saturated heterocycles. The molecule has 0 spiro atoms. The Hall–Kier alpha value is -2.69. The summed E-state index contributed by atoms with van der Waals surface area (Å²) in [6, 6.07) is 13.3. The van der Waals surface area contributed by atoms with Crippen molar-refractivity contribution in [3.05, 3.63) is 48.0 Å². The molecule has 26 heavy (non-hydrogen) atoms. The highest BCUT2D eigenvalue weighted by Crippen LogP contribution is 2.35. The van der Waals surface area contributed by atoms with Gasteiger partial charge in [0.1, 0.15) is 5.78 Å². The Kier molecular flexibility index (Phi) is 6.89. The van der Waals surface area contributed by atoms with Crippen LogP contribution in [0.3, 0.4) is 0 Å². The van der Waals surface area contributed by atoms with Crippen molar-refractivity contribution in [1.82, 2.24) is 0 Å². The number of Topliss-reactive ketones (excluding diaryl/α,β-unsaturated/α-hetero) is 1. The first kappa shape index (κ1) is 19.6. The second-order valence-corrected chi connectivity index (χ2v) is 6.06. The zero-order chi connectivity index (χ0) is 19.1. The Bertz CT molecular complexity index is 773. The van der Waals surface area contributed by atoms with Crippen LogP contribution in [0.4, 0.5) is 0 Å². The predicted molar refractivity (Wildman–Crippen MR) is 98.7 cm³/mol. The summed E-state index contributed by atoms with van der Waals surface area (Å²) >= 11 is 0. The summed E-state index contributed by atoms with van der Waals surface area (Å²) in [6.45, 7) is 5.11. The largest absolute Gasteiger partial charge is 0.465 e. The quantitative estimate of drug-likeness (QED) is 0.533. The molecule has 0 aromatic heterocycles. The number of carbonyl (C=O) groups excluding carboxylic acids is 3. The van der Waals surface area contributed by atoms with Crippen molar-refractivity contribution in [2.75, 3.05) is 13.2 Å². The summed E-state index contributed by atoms with van der Waals surface area (Å²) in [4.78, 5) is 37.0. The maximum atomic E-state index is 12.6. The minimum atomic E-state index is -1.18. The van der Waals surface area contributed by atoms with Crippen LogP contribution in [0.15, 0.2) is 42.5 Å². The van der Waals surface area contributed by atoms with Crippen molar-refractivity contribution in [3.63, 3.8) is 0 Å². The number of esters is 2. The minimum absolute atomic E-state index is 0.0519. The summed E-state index contributed by atoms with van der Waals surface area (Å²) in [6.07, 6.45) is 0.0519. The maximum absolute atomic E-state index is 12.6. The average molecular weight is 356 g/mol. The Morgan fingerprint density at radius 1 is 0.885 bits per heavy atom. The molecule has 2 aromatic carbocycles. The van der Waals surface area contributed by atoms with Gasteiger partial charge in [0.2, 0.25) is 0 Å². The van der Waals surface area contributed by atoms with Crippen LogP contribution in [0.5, 0.6) is 0 Å². The highest BCUT2D eigenvalue weighted by atomic mass is 16.6. The Morgan fingerprint density at radius 3 is 2.04 bits per heavy atom. The molecule has 138 valence electrons. The highest BCUT2D eigenvalue weighted by Gasteiger charge is 2.39. The molecule has 0 N–H and O–H groups in total. The van der Waals surface area contributed by atoms with Gasteiger partial charge < -0.3 is 14.3 Å². The molecule has 0 bridgehead atoms. The van der Waals surface area contributed by atoms with Gasteiger partial charge in [-0.2, -0.15) is 0 Å². The fraction of sp³-hybridized carbons (Fsp3) is 0.381. The lowest BCUT2D eigenvalue weighted by Crippen LogP contribution is -2.34. The van der Waals surface area contributed by atoms with E-state index in [0.717, 1.165) is 16.3 Å². The lowest BCUT2D eigenvalue weighted by molar-refractivity contribution is -0.162. The third-order valence-corrected chi connectivity index (χ3v) is 4.21. The topological polar surface area (TPSA) is 69.7 Å². The smallest absolute Gasteiger partial charge is 0.320 e. The summed E-state index contributed by atoms with van der Waals surface area (Å²) in [5.74, 6) is -3.25. The molecule has 0 saturated carbocycles. The molecule has 2 aromatic rings. The second kappa shape index (κ2) is 9.13. The number of carbonyl (C=O) groups is 3. The van der Waals surface area contributed by atoms with Gasteiger partial charge in [-0.05, 0) is 37.1 Å². The summed E-state index contributed by atoms with van der Waals surface area (Å²) < 4.78 is 10.2. The van der Waals surface area contributed by atoms with Gasteiger partial charge in [0.05, 0.1) is 13.2 Å². The summed E-state index contributed by atoms with van der Waals surface area (Å²) in [5, 5.41) is 1.88. The molecule has 5 heteroatoms. The van der Waals surface area contributed by atoms with E-state index in [1.54, 1.807) is 13.8 Å². The normalized spacial score (nSPS) is 12.0. The fourth-order valence-corrected chi connectivity index (χ4v) is 3.18. The van der Waals surface area contributed by atoms with E-state index in [1.807, 2.05) is 42.5 Å². The van der Waals surface area contributed by atoms with E-state index in [0.29, 0.717) is 0 Å². The van der Waals surface area contributed by atoms with Crippen LogP contribution >= 0.6 is 0 Å². The van der Waals surface area contributed by atoms with E-state index in [9.17, 15) is 14.4 Å². The third kappa shape index (κ3) is 4.48. The molecule has 0 fully saturated rings. The molecule has 0 unspecified atom stereocenters. The van der Waals surface area contributed by atoms with Crippen molar-refractivity contribution in [2.24, 2.45) is 5.92 Å². The minimum Gasteiger partial charge on any atom is -0.465 e. The molecule has 0 amide bonds.